The average Bonchev–Trinajstić information content (AvgIpc) is 3.33. The highest BCUT2D eigenvalue weighted by atomic mass is 32.2. The highest BCUT2D eigenvalue weighted by Gasteiger charge is 2.39. The molecule has 2 aliphatic rings. The van der Waals surface area contributed by atoms with Crippen LogP contribution in [-0.4, -0.2) is 57.2 Å². The number of hydrogen-bond acceptors (Lipinski definition) is 5. The summed E-state index contributed by atoms with van der Waals surface area (Å²) in [5.41, 5.74) is 1.43. The molecule has 1 aromatic carbocycles. The summed E-state index contributed by atoms with van der Waals surface area (Å²) in [6.45, 7) is 2.52. The van der Waals surface area contributed by atoms with Gasteiger partial charge in [-0.2, -0.15) is 0 Å². The first-order chi connectivity index (χ1) is 11.9. The van der Waals surface area contributed by atoms with Gasteiger partial charge in [0, 0.05) is 31.0 Å². The second-order valence-electron chi connectivity index (χ2n) is 7.19. The van der Waals surface area contributed by atoms with Gasteiger partial charge in [0.15, 0.2) is 0 Å². The van der Waals surface area contributed by atoms with Gasteiger partial charge in [-0.3, -0.25) is 9.52 Å². The van der Waals surface area contributed by atoms with Crippen LogP contribution in [0.3, 0.4) is 0 Å². The lowest BCUT2D eigenvalue weighted by Gasteiger charge is -2.32. The predicted molar refractivity (Wildman–Crippen MR) is 97.8 cm³/mol. The summed E-state index contributed by atoms with van der Waals surface area (Å²) in [7, 11) is -3.45. The minimum atomic E-state index is -3.45. The number of likely N-dealkylation sites (tertiary alicyclic amines) is 1. The molecule has 25 heavy (non-hydrogen) atoms. The van der Waals surface area contributed by atoms with Crippen LogP contribution in [0.2, 0.25) is 0 Å². The van der Waals surface area contributed by atoms with Gasteiger partial charge in [0.2, 0.25) is 15.9 Å². The van der Waals surface area contributed by atoms with Gasteiger partial charge in [-0.25, -0.2) is 8.42 Å². The van der Waals surface area contributed by atoms with Crippen LogP contribution in [0.1, 0.15) is 37.2 Å². The van der Waals surface area contributed by atoms with E-state index in [1.165, 1.54) is 12.0 Å². The second kappa shape index (κ2) is 7.85. The van der Waals surface area contributed by atoms with Crippen LogP contribution in [0.5, 0.6) is 0 Å². The molecule has 1 heterocycles. The van der Waals surface area contributed by atoms with Crippen molar-refractivity contribution in [1.29, 1.82) is 0 Å². The third-order valence-corrected chi connectivity index (χ3v) is 5.61. The molecule has 0 spiro atoms. The Morgan fingerprint density at radius 3 is 2.52 bits per heavy atom. The van der Waals surface area contributed by atoms with E-state index >= 15 is 0 Å². The molecule has 0 radical (unpaired) electrons. The van der Waals surface area contributed by atoms with Crippen molar-refractivity contribution >= 4 is 15.9 Å². The largest absolute Gasteiger partial charge is 0.311 e. The molecule has 0 bridgehead atoms. The molecule has 1 saturated carbocycles. The van der Waals surface area contributed by atoms with Crippen molar-refractivity contribution in [2.24, 2.45) is 0 Å². The van der Waals surface area contributed by atoms with E-state index in [1.807, 2.05) is 4.72 Å². The summed E-state index contributed by atoms with van der Waals surface area (Å²) in [4.78, 5) is 13.8. The molecule has 1 unspecified atom stereocenters. The molecule has 138 valence electrons. The number of nitrogens with one attached hydrogen (secondary N) is 2. The summed E-state index contributed by atoms with van der Waals surface area (Å²) < 4.78 is 24.1. The summed E-state index contributed by atoms with van der Waals surface area (Å²) in [6, 6.07) is 11.8. The Labute approximate surface area is 150 Å². The fourth-order valence-corrected chi connectivity index (χ4v) is 4.11. The Balaban J connectivity index is 1.34. The molecule has 7 heteroatoms. The SMILES string of the molecule is CS(=O)(=O)NC(=O)CCN1CCC(N[C@@H]2CC2c2ccccc2)CC1. The lowest BCUT2D eigenvalue weighted by Crippen LogP contribution is -2.44. The van der Waals surface area contributed by atoms with Crippen molar-refractivity contribution in [1.82, 2.24) is 14.9 Å². The third-order valence-electron chi connectivity index (χ3n) is 5.01. The molecule has 1 amide bonds. The highest BCUT2D eigenvalue weighted by Crippen LogP contribution is 2.41. The van der Waals surface area contributed by atoms with Gasteiger partial charge >= 0.3 is 0 Å². The van der Waals surface area contributed by atoms with Crippen LogP contribution in [-0.2, 0) is 14.8 Å². The van der Waals surface area contributed by atoms with Crippen LogP contribution in [0, 0.1) is 0 Å². The molecule has 1 saturated heterocycles. The van der Waals surface area contributed by atoms with Crippen LogP contribution in [0.25, 0.3) is 0 Å². The van der Waals surface area contributed by atoms with Crippen molar-refractivity contribution in [3.63, 3.8) is 0 Å². The number of carbonyl (C=O) groups excluding carboxylic acids is 1. The minimum Gasteiger partial charge on any atom is -0.311 e. The molecule has 1 aliphatic carbocycles. The lowest BCUT2D eigenvalue weighted by atomic mass is 10.0. The Morgan fingerprint density at radius 1 is 1.20 bits per heavy atom. The topological polar surface area (TPSA) is 78.5 Å². The van der Waals surface area contributed by atoms with Crippen LogP contribution >= 0.6 is 0 Å². The number of rotatable bonds is 7. The Morgan fingerprint density at radius 2 is 1.88 bits per heavy atom. The van der Waals surface area contributed by atoms with Crippen molar-refractivity contribution in [3.8, 4) is 0 Å². The maximum Gasteiger partial charge on any atom is 0.234 e. The highest BCUT2D eigenvalue weighted by molar-refractivity contribution is 7.89. The average molecular weight is 365 g/mol. The molecule has 2 atom stereocenters. The molecule has 3 rings (SSSR count). The maximum absolute atomic E-state index is 11.6. The molecule has 2 fully saturated rings. The molecule has 0 aromatic heterocycles. The Hall–Kier alpha value is -1.44. The van der Waals surface area contributed by atoms with E-state index in [0.29, 0.717) is 24.5 Å². The quantitative estimate of drug-likeness (QED) is 0.755. The molecular weight excluding hydrogens is 338 g/mol. The van der Waals surface area contributed by atoms with Crippen molar-refractivity contribution < 1.29 is 13.2 Å². The summed E-state index contributed by atoms with van der Waals surface area (Å²) in [5, 5.41) is 3.77. The molecule has 1 aromatic rings. The zero-order valence-electron chi connectivity index (χ0n) is 14.6. The normalized spacial score (nSPS) is 24.8. The van der Waals surface area contributed by atoms with E-state index in [1.54, 1.807) is 0 Å². The molecule has 2 N–H and O–H groups in total. The van der Waals surface area contributed by atoms with E-state index in [0.717, 1.165) is 32.2 Å². The van der Waals surface area contributed by atoms with Gasteiger partial charge in [-0.15, -0.1) is 0 Å². The fraction of sp³-hybridized carbons (Fsp3) is 0.611. The first kappa shape index (κ1) is 18.4. The Kier molecular flexibility index (Phi) is 5.76. The first-order valence-electron chi connectivity index (χ1n) is 8.95. The first-order valence-corrected chi connectivity index (χ1v) is 10.8. The second-order valence-corrected chi connectivity index (χ2v) is 8.94. The maximum atomic E-state index is 11.6. The third kappa shape index (κ3) is 5.80. The van der Waals surface area contributed by atoms with E-state index in [4.69, 9.17) is 0 Å². The lowest BCUT2D eigenvalue weighted by molar-refractivity contribution is -0.119. The molecule has 6 nitrogen and oxygen atoms in total. The summed E-state index contributed by atoms with van der Waals surface area (Å²) in [5.74, 6) is 0.227. The van der Waals surface area contributed by atoms with Crippen molar-refractivity contribution in [3.05, 3.63) is 35.9 Å². The fourth-order valence-electron chi connectivity index (χ4n) is 3.59. The van der Waals surface area contributed by atoms with E-state index < -0.39 is 15.9 Å². The van der Waals surface area contributed by atoms with Crippen molar-refractivity contribution in [2.75, 3.05) is 25.9 Å². The van der Waals surface area contributed by atoms with Gasteiger partial charge in [-0.05, 0) is 37.9 Å². The number of benzene rings is 1. The van der Waals surface area contributed by atoms with E-state index in [-0.39, 0.29) is 6.42 Å². The number of amides is 1. The van der Waals surface area contributed by atoms with Crippen LogP contribution in [0.15, 0.2) is 30.3 Å². The summed E-state index contributed by atoms with van der Waals surface area (Å²) >= 11 is 0. The Bertz CT molecular complexity index is 685. The van der Waals surface area contributed by atoms with Crippen LogP contribution < -0.4 is 10.0 Å². The van der Waals surface area contributed by atoms with E-state index in [2.05, 4.69) is 40.5 Å². The summed E-state index contributed by atoms with van der Waals surface area (Å²) in [6.07, 6.45) is 4.60. The van der Waals surface area contributed by atoms with E-state index in [9.17, 15) is 13.2 Å². The van der Waals surface area contributed by atoms with Crippen LogP contribution in [0.4, 0.5) is 0 Å². The number of nitrogens with zero attached hydrogens (tertiary/aromatic N) is 1. The molecule has 1 aliphatic heterocycles. The zero-order chi connectivity index (χ0) is 17.9. The smallest absolute Gasteiger partial charge is 0.234 e. The monoisotopic (exact) mass is 365 g/mol. The standard InChI is InChI=1S/C18H27N3O3S/c1-25(23,24)20-18(22)9-12-21-10-7-15(8-11-21)19-17-13-16(17)14-5-3-2-4-6-14/h2-6,15-17,19H,7-13H2,1H3,(H,20,22)/t16?,17-/m1/s1. The van der Waals surface area contributed by atoms with Gasteiger partial charge in [-0.1, -0.05) is 30.3 Å². The number of hydrogen-bond donors (Lipinski definition) is 2. The van der Waals surface area contributed by atoms with Gasteiger partial charge in [0.25, 0.3) is 0 Å². The number of piperidine rings is 1. The number of carbonyl (C=O) groups is 1. The zero-order valence-corrected chi connectivity index (χ0v) is 15.5. The van der Waals surface area contributed by atoms with Gasteiger partial charge in [0.05, 0.1) is 6.26 Å². The van der Waals surface area contributed by atoms with Gasteiger partial charge < -0.3 is 10.2 Å². The van der Waals surface area contributed by atoms with Gasteiger partial charge in [0.1, 0.15) is 0 Å². The number of sulfonamides is 1. The minimum absolute atomic E-state index is 0.226. The van der Waals surface area contributed by atoms with Crippen molar-refractivity contribution in [2.45, 2.75) is 43.7 Å². The molecular formula is C18H27N3O3S. The predicted octanol–water partition coefficient (Wildman–Crippen LogP) is 1.06.